The van der Waals surface area contributed by atoms with E-state index in [0.717, 1.165) is 24.5 Å². The quantitative estimate of drug-likeness (QED) is 0.813. The minimum Gasteiger partial charge on any atom is -0.396 e. The number of aromatic nitrogens is 2. The number of nitrogens with two attached hydrogens (primary N) is 1. The van der Waals surface area contributed by atoms with Gasteiger partial charge < -0.3 is 10.6 Å². The summed E-state index contributed by atoms with van der Waals surface area (Å²) in [5.74, 6) is 0. The second-order valence-electron chi connectivity index (χ2n) is 4.31. The molecule has 0 amide bonds. The summed E-state index contributed by atoms with van der Waals surface area (Å²) >= 11 is 0. The van der Waals surface area contributed by atoms with Gasteiger partial charge in [0.05, 0.1) is 24.1 Å². The molecule has 4 heteroatoms. The molecule has 0 aliphatic carbocycles. The Morgan fingerprint density at radius 1 is 1.27 bits per heavy atom. The average Bonchev–Trinajstić information content (AvgIpc) is 2.59. The predicted molar refractivity (Wildman–Crippen MR) is 61.7 cm³/mol. The van der Waals surface area contributed by atoms with Crippen LogP contribution in [-0.2, 0) is 6.54 Å². The lowest BCUT2D eigenvalue weighted by atomic mass is 10.1. The van der Waals surface area contributed by atoms with E-state index in [0.29, 0.717) is 0 Å². The molecule has 2 heterocycles. The third-order valence-electron chi connectivity index (χ3n) is 3.22. The van der Waals surface area contributed by atoms with E-state index in [1.54, 1.807) is 6.20 Å². The number of nitrogens with zero attached hydrogens (tertiary/aromatic N) is 3. The minimum atomic E-state index is 0.800. The van der Waals surface area contributed by atoms with Gasteiger partial charge in [-0.05, 0) is 32.9 Å². The zero-order valence-corrected chi connectivity index (χ0v) is 9.45. The first-order chi connectivity index (χ1) is 7.27. The molecule has 0 bridgehead atoms. The highest BCUT2D eigenvalue weighted by Crippen LogP contribution is 2.11. The van der Waals surface area contributed by atoms with Gasteiger partial charge in [-0.3, -0.25) is 4.68 Å². The normalized spacial score (nSPS) is 18.2. The van der Waals surface area contributed by atoms with Crippen molar-refractivity contribution in [1.29, 1.82) is 0 Å². The first-order valence-electron chi connectivity index (χ1n) is 5.77. The zero-order valence-electron chi connectivity index (χ0n) is 9.45. The molecule has 0 aromatic carbocycles. The van der Waals surface area contributed by atoms with E-state index in [4.69, 9.17) is 5.73 Å². The van der Waals surface area contributed by atoms with Gasteiger partial charge in [0.25, 0.3) is 0 Å². The molecule has 1 fully saturated rings. The number of likely N-dealkylation sites (tertiary alicyclic amines) is 1. The van der Waals surface area contributed by atoms with E-state index in [1.165, 1.54) is 32.4 Å². The van der Waals surface area contributed by atoms with E-state index in [2.05, 4.69) is 10.00 Å². The topological polar surface area (TPSA) is 47.1 Å². The monoisotopic (exact) mass is 208 g/mol. The fourth-order valence-electron chi connectivity index (χ4n) is 2.11. The van der Waals surface area contributed by atoms with Crippen LogP contribution in [0.1, 0.15) is 25.0 Å². The van der Waals surface area contributed by atoms with E-state index < -0.39 is 0 Å². The maximum absolute atomic E-state index is 5.75. The second kappa shape index (κ2) is 4.66. The first-order valence-corrected chi connectivity index (χ1v) is 5.77. The Labute approximate surface area is 91.1 Å². The van der Waals surface area contributed by atoms with E-state index in [1.807, 2.05) is 11.6 Å². The van der Waals surface area contributed by atoms with Gasteiger partial charge in [-0.2, -0.15) is 5.10 Å². The second-order valence-corrected chi connectivity index (χ2v) is 4.31. The number of hydrogen-bond donors (Lipinski definition) is 1. The molecule has 1 aliphatic heterocycles. The Hall–Kier alpha value is -1.03. The van der Waals surface area contributed by atoms with Crippen molar-refractivity contribution < 1.29 is 0 Å². The largest absolute Gasteiger partial charge is 0.396 e. The molecule has 4 nitrogen and oxygen atoms in total. The summed E-state index contributed by atoms with van der Waals surface area (Å²) in [7, 11) is 0. The van der Waals surface area contributed by atoms with Gasteiger partial charge in [0.15, 0.2) is 0 Å². The van der Waals surface area contributed by atoms with Crippen molar-refractivity contribution in [2.75, 3.05) is 25.4 Å². The van der Waals surface area contributed by atoms with Crippen LogP contribution < -0.4 is 5.73 Å². The van der Waals surface area contributed by atoms with Gasteiger partial charge in [0, 0.05) is 6.54 Å². The molecule has 0 atom stereocenters. The zero-order chi connectivity index (χ0) is 10.7. The molecule has 0 saturated carbocycles. The molecule has 2 rings (SSSR count). The van der Waals surface area contributed by atoms with Crippen LogP contribution >= 0.6 is 0 Å². The highest BCUT2D eigenvalue weighted by atomic mass is 15.3. The number of rotatable bonds is 3. The summed E-state index contributed by atoms with van der Waals surface area (Å²) in [4.78, 5) is 2.51. The van der Waals surface area contributed by atoms with Crippen LogP contribution in [0.2, 0.25) is 0 Å². The summed E-state index contributed by atoms with van der Waals surface area (Å²) in [5, 5.41) is 4.26. The minimum absolute atomic E-state index is 0.800. The highest BCUT2D eigenvalue weighted by molar-refractivity contribution is 5.39. The molecule has 0 spiro atoms. The lowest BCUT2D eigenvalue weighted by Crippen LogP contribution is -2.32. The van der Waals surface area contributed by atoms with Crippen molar-refractivity contribution in [3.8, 4) is 0 Å². The summed E-state index contributed by atoms with van der Waals surface area (Å²) in [6.45, 7) is 6.58. The fourth-order valence-corrected chi connectivity index (χ4v) is 2.11. The van der Waals surface area contributed by atoms with Gasteiger partial charge in [-0.15, -0.1) is 0 Å². The van der Waals surface area contributed by atoms with Crippen LogP contribution in [0.25, 0.3) is 0 Å². The van der Waals surface area contributed by atoms with Gasteiger partial charge in [-0.1, -0.05) is 6.42 Å². The molecule has 84 valence electrons. The third kappa shape index (κ3) is 2.50. The Balaban J connectivity index is 1.84. The molecular weight excluding hydrogens is 188 g/mol. The highest BCUT2D eigenvalue weighted by Gasteiger charge is 2.10. The number of anilines is 1. The van der Waals surface area contributed by atoms with Gasteiger partial charge in [0.1, 0.15) is 0 Å². The summed E-state index contributed by atoms with van der Waals surface area (Å²) < 4.78 is 2.00. The molecular formula is C11H20N4. The number of piperidine rings is 1. The molecule has 0 radical (unpaired) electrons. The fraction of sp³-hybridized carbons (Fsp3) is 0.727. The van der Waals surface area contributed by atoms with Gasteiger partial charge >= 0.3 is 0 Å². The average molecular weight is 208 g/mol. The van der Waals surface area contributed by atoms with Crippen molar-refractivity contribution in [2.24, 2.45) is 0 Å². The lowest BCUT2D eigenvalue weighted by Gasteiger charge is -2.26. The smallest absolute Gasteiger partial charge is 0.0730 e. The van der Waals surface area contributed by atoms with Gasteiger partial charge in [-0.25, -0.2) is 0 Å². The van der Waals surface area contributed by atoms with E-state index in [9.17, 15) is 0 Å². The SMILES string of the molecule is Cc1c(N)cnn1CCN1CCCCC1. The summed E-state index contributed by atoms with van der Waals surface area (Å²) in [6, 6.07) is 0. The molecule has 1 saturated heterocycles. The summed E-state index contributed by atoms with van der Waals surface area (Å²) in [6.07, 6.45) is 5.83. The van der Waals surface area contributed by atoms with E-state index in [-0.39, 0.29) is 0 Å². The molecule has 15 heavy (non-hydrogen) atoms. The van der Waals surface area contributed by atoms with Crippen LogP contribution in [-0.4, -0.2) is 34.3 Å². The Kier molecular flexibility index (Phi) is 3.26. The van der Waals surface area contributed by atoms with Crippen LogP contribution in [0, 0.1) is 6.92 Å². The van der Waals surface area contributed by atoms with Gasteiger partial charge in [0.2, 0.25) is 0 Å². The Morgan fingerprint density at radius 3 is 2.60 bits per heavy atom. The molecule has 1 aromatic heterocycles. The maximum atomic E-state index is 5.75. The third-order valence-corrected chi connectivity index (χ3v) is 3.22. The van der Waals surface area contributed by atoms with Crippen molar-refractivity contribution >= 4 is 5.69 Å². The van der Waals surface area contributed by atoms with Crippen molar-refractivity contribution in [1.82, 2.24) is 14.7 Å². The van der Waals surface area contributed by atoms with Crippen LogP contribution in [0.5, 0.6) is 0 Å². The molecule has 1 aliphatic rings. The lowest BCUT2D eigenvalue weighted by molar-refractivity contribution is 0.217. The van der Waals surface area contributed by atoms with Crippen LogP contribution in [0.15, 0.2) is 6.20 Å². The van der Waals surface area contributed by atoms with Crippen molar-refractivity contribution in [3.63, 3.8) is 0 Å². The molecule has 2 N–H and O–H groups in total. The summed E-state index contributed by atoms with van der Waals surface area (Å²) in [5.41, 5.74) is 7.64. The molecule has 1 aromatic rings. The van der Waals surface area contributed by atoms with Crippen molar-refractivity contribution in [3.05, 3.63) is 11.9 Å². The van der Waals surface area contributed by atoms with Crippen LogP contribution in [0.3, 0.4) is 0 Å². The Morgan fingerprint density at radius 2 is 2.00 bits per heavy atom. The first kappa shape index (κ1) is 10.5. The van der Waals surface area contributed by atoms with Crippen LogP contribution in [0.4, 0.5) is 5.69 Å². The number of hydrogen-bond acceptors (Lipinski definition) is 3. The maximum Gasteiger partial charge on any atom is 0.0730 e. The number of nitrogen functional groups attached to an aromatic ring is 1. The standard InChI is InChI=1S/C11H20N4/c1-10-11(12)9-13-15(10)8-7-14-5-3-2-4-6-14/h9H,2-8,12H2,1H3. The van der Waals surface area contributed by atoms with Crippen molar-refractivity contribution in [2.45, 2.75) is 32.7 Å². The Bertz CT molecular complexity index is 312. The molecule has 0 unspecified atom stereocenters. The predicted octanol–water partition coefficient (Wildman–Crippen LogP) is 1.26. The van der Waals surface area contributed by atoms with E-state index >= 15 is 0 Å².